The zero-order valence-electron chi connectivity index (χ0n) is 19.5. The van der Waals surface area contributed by atoms with Crippen molar-refractivity contribution in [3.05, 3.63) is 34.1 Å². The van der Waals surface area contributed by atoms with Crippen LogP contribution in [0.1, 0.15) is 54.0 Å². The van der Waals surface area contributed by atoms with Crippen molar-refractivity contribution in [3.8, 4) is 11.4 Å². The van der Waals surface area contributed by atoms with Gasteiger partial charge >= 0.3 is 0 Å². The molecule has 1 aliphatic heterocycles. The quantitative estimate of drug-likeness (QED) is 0.435. The molecule has 1 saturated heterocycles. The number of H-pyrrole nitrogens is 1. The minimum atomic E-state index is -0.350. The summed E-state index contributed by atoms with van der Waals surface area (Å²) in [5, 5.41) is 12.4. The summed E-state index contributed by atoms with van der Waals surface area (Å²) in [7, 11) is 1.50. The van der Waals surface area contributed by atoms with E-state index >= 15 is 0 Å². The number of fused-ring (bicyclic) bond motifs is 3. The van der Waals surface area contributed by atoms with E-state index in [9.17, 15) is 9.59 Å². The summed E-state index contributed by atoms with van der Waals surface area (Å²) >= 11 is 1.30. The Morgan fingerprint density at radius 2 is 1.94 bits per heavy atom. The van der Waals surface area contributed by atoms with E-state index in [0.29, 0.717) is 34.3 Å². The Bertz CT molecular complexity index is 1210. The van der Waals surface area contributed by atoms with Gasteiger partial charge in [-0.15, -0.1) is 11.3 Å². The van der Waals surface area contributed by atoms with E-state index in [2.05, 4.69) is 50.0 Å². The lowest BCUT2D eigenvalue weighted by atomic mass is 9.73. The third kappa shape index (κ3) is 4.50. The molecular weight excluding hydrogens is 454 g/mol. The Morgan fingerprint density at radius 3 is 2.68 bits per heavy atom. The Kier molecular flexibility index (Phi) is 6.62. The van der Waals surface area contributed by atoms with Crippen molar-refractivity contribution in [3.63, 3.8) is 0 Å². The number of likely N-dealkylation sites (tertiary alicyclic amines) is 1. The fourth-order valence-corrected chi connectivity index (χ4v) is 5.20. The first-order valence-electron chi connectivity index (χ1n) is 11.1. The van der Waals surface area contributed by atoms with Gasteiger partial charge in [0.1, 0.15) is 11.4 Å². The van der Waals surface area contributed by atoms with Gasteiger partial charge in [-0.1, -0.05) is 13.8 Å². The summed E-state index contributed by atoms with van der Waals surface area (Å²) in [6.07, 6.45) is 4.74. The lowest BCUT2D eigenvalue weighted by molar-refractivity contribution is -0.129. The van der Waals surface area contributed by atoms with Crippen LogP contribution in [0, 0.1) is 0 Å². The molecule has 1 aliphatic carbocycles. The van der Waals surface area contributed by atoms with E-state index in [1.807, 2.05) is 10.3 Å². The van der Waals surface area contributed by atoms with Gasteiger partial charge in [0.25, 0.3) is 5.91 Å². The highest BCUT2D eigenvalue weighted by molar-refractivity contribution is 7.14. The molecule has 12 heteroatoms. The fraction of sp³-hybridized carbons (Fsp3) is 0.455. The van der Waals surface area contributed by atoms with Crippen LogP contribution in [-0.4, -0.2) is 62.0 Å². The molecule has 11 nitrogen and oxygen atoms in total. The molecule has 180 valence electrons. The average Bonchev–Trinajstić information content (AvgIpc) is 3.57. The molecule has 34 heavy (non-hydrogen) atoms. The number of hydrogen-bond donors (Lipinski definition) is 4. The van der Waals surface area contributed by atoms with E-state index in [1.165, 1.54) is 18.4 Å². The molecule has 0 radical (unpaired) electrons. The van der Waals surface area contributed by atoms with E-state index in [0.717, 1.165) is 37.1 Å². The van der Waals surface area contributed by atoms with E-state index < -0.39 is 0 Å². The maximum absolute atomic E-state index is 13.1. The number of thiazole rings is 1. The normalized spacial score (nSPS) is 15.7. The van der Waals surface area contributed by atoms with Gasteiger partial charge in [-0.2, -0.15) is 5.10 Å². The number of nitrogens with one attached hydrogen (secondary N) is 2. The van der Waals surface area contributed by atoms with Crippen molar-refractivity contribution in [2.45, 2.75) is 44.9 Å². The zero-order valence-corrected chi connectivity index (χ0v) is 20.3. The molecular formula is C22H29N9O2S. The number of nitrogen functional groups attached to an aromatic ring is 1. The topological polar surface area (TPSA) is 169 Å². The average molecular weight is 484 g/mol. The monoisotopic (exact) mass is 483 g/mol. The summed E-state index contributed by atoms with van der Waals surface area (Å²) in [4.78, 5) is 40.2. The standard InChI is InChI=1S/C21H24N8O2S.CH5N/c1-21(2)8-11-9-23-19(22)25-15(11)16-14(21)17(28-27-16)18(31)26-20-24-12(10-32-20)7-13(30)29-5-3-4-6-29;1-2/h9-10H,3-8H2,1-2H3,(H,27,28)(H2,22,23,25)(H,24,26,31);2H2,1H3. The van der Waals surface area contributed by atoms with Crippen LogP contribution in [0.2, 0.25) is 0 Å². The maximum Gasteiger partial charge on any atom is 0.275 e. The van der Waals surface area contributed by atoms with Crippen LogP contribution in [0.15, 0.2) is 11.6 Å². The second kappa shape index (κ2) is 9.47. The van der Waals surface area contributed by atoms with Crippen molar-refractivity contribution in [2.24, 2.45) is 5.73 Å². The molecule has 0 spiro atoms. The van der Waals surface area contributed by atoms with Crippen molar-refractivity contribution < 1.29 is 9.59 Å². The highest BCUT2D eigenvalue weighted by Gasteiger charge is 2.38. The molecule has 2 aliphatic rings. The largest absolute Gasteiger partial charge is 0.368 e. The lowest BCUT2D eigenvalue weighted by Gasteiger charge is -2.30. The molecule has 0 unspecified atom stereocenters. The van der Waals surface area contributed by atoms with Crippen molar-refractivity contribution in [2.75, 3.05) is 31.2 Å². The van der Waals surface area contributed by atoms with Crippen LogP contribution in [0.5, 0.6) is 0 Å². The Hall–Kier alpha value is -3.38. The van der Waals surface area contributed by atoms with Gasteiger partial charge in [-0.25, -0.2) is 15.0 Å². The predicted molar refractivity (Wildman–Crippen MR) is 130 cm³/mol. The fourth-order valence-electron chi connectivity index (χ4n) is 4.49. The number of aromatic amines is 1. The van der Waals surface area contributed by atoms with Crippen LogP contribution in [0.3, 0.4) is 0 Å². The second-order valence-electron chi connectivity index (χ2n) is 8.85. The van der Waals surface area contributed by atoms with Gasteiger partial charge < -0.3 is 16.4 Å². The molecule has 5 rings (SSSR count). The molecule has 4 heterocycles. The van der Waals surface area contributed by atoms with Gasteiger partial charge in [0.2, 0.25) is 11.9 Å². The number of nitrogens with two attached hydrogens (primary N) is 2. The Morgan fingerprint density at radius 1 is 1.21 bits per heavy atom. The summed E-state index contributed by atoms with van der Waals surface area (Å²) in [5.41, 5.74) is 14.0. The third-order valence-electron chi connectivity index (χ3n) is 5.97. The van der Waals surface area contributed by atoms with Crippen molar-refractivity contribution >= 4 is 34.2 Å². The third-order valence-corrected chi connectivity index (χ3v) is 6.78. The predicted octanol–water partition coefficient (Wildman–Crippen LogP) is 1.73. The van der Waals surface area contributed by atoms with Crippen molar-refractivity contribution in [1.82, 2.24) is 30.0 Å². The SMILES string of the molecule is CC1(C)Cc2cnc(N)nc2-c2n[nH]c(C(=O)Nc3nc(CC(=O)N4CCCC4)cs3)c21.CN. The minimum absolute atomic E-state index is 0.0787. The van der Waals surface area contributed by atoms with Crippen molar-refractivity contribution in [1.29, 1.82) is 0 Å². The minimum Gasteiger partial charge on any atom is -0.368 e. The molecule has 0 saturated carbocycles. The lowest BCUT2D eigenvalue weighted by Crippen LogP contribution is -2.29. The number of carbonyl (C=O) groups is 2. The van der Waals surface area contributed by atoms with Crippen LogP contribution in [-0.2, 0) is 23.1 Å². The number of amides is 2. The second-order valence-corrected chi connectivity index (χ2v) is 9.71. The maximum atomic E-state index is 13.1. The van der Waals surface area contributed by atoms with Gasteiger partial charge in [0, 0.05) is 30.2 Å². The van der Waals surface area contributed by atoms with E-state index in [1.54, 1.807) is 6.20 Å². The first-order chi connectivity index (χ1) is 16.3. The van der Waals surface area contributed by atoms with E-state index in [4.69, 9.17) is 5.73 Å². The molecule has 6 N–H and O–H groups in total. The smallest absolute Gasteiger partial charge is 0.275 e. The molecule has 0 aromatic carbocycles. The van der Waals surface area contributed by atoms with Gasteiger partial charge in [0.15, 0.2) is 5.13 Å². The number of aromatic nitrogens is 5. The molecule has 2 amide bonds. The summed E-state index contributed by atoms with van der Waals surface area (Å²) in [5.74, 6) is -0.0822. The van der Waals surface area contributed by atoms with E-state index in [-0.39, 0.29) is 29.6 Å². The van der Waals surface area contributed by atoms with Crippen LogP contribution >= 0.6 is 11.3 Å². The number of rotatable bonds is 4. The van der Waals surface area contributed by atoms with Gasteiger partial charge in [-0.3, -0.25) is 20.0 Å². The molecule has 1 fully saturated rings. The number of anilines is 2. The molecule has 0 atom stereocenters. The first kappa shape index (κ1) is 23.8. The number of carbonyl (C=O) groups excluding carboxylic acids is 2. The Balaban J connectivity index is 0.00000133. The summed E-state index contributed by atoms with van der Waals surface area (Å²) in [6.45, 7) is 5.74. The highest BCUT2D eigenvalue weighted by atomic mass is 32.1. The van der Waals surface area contributed by atoms with Gasteiger partial charge in [0.05, 0.1) is 17.8 Å². The van der Waals surface area contributed by atoms with Crippen LogP contribution in [0.25, 0.3) is 11.4 Å². The molecule has 3 aromatic heterocycles. The Labute approximate surface area is 201 Å². The number of hydrogen-bond acceptors (Lipinski definition) is 9. The van der Waals surface area contributed by atoms with Gasteiger partial charge in [-0.05, 0) is 37.3 Å². The summed E-state index contributed by atoms with van der Waals surface area (Å²) < 4.78 is 0. The van der Waals surface area contributed by atoms with Crippen LogP contribution < -0.4 is 16.8 Å². The molecule has 0 bridgehead atoms. The number of nitrogens with zero attached hydrogens (tertiary/aromatic N) is 5. The zero-order chi connectivity index (χ0) is 24.5. The molecule has 3 aromatic rings. The summed E-state index contributed by atoms with van der Waals surface area (Å²) in [6, 6.07) is 0. The first-order valence-corrected chi connectivity index (χ1v) is 12.0. The highest BCUT2D eigenvalue weighted by Crippen LogP contribution is 2.42. The van der Waals surface area contributed by atoms with Crippen LogP contribution in [0.4, 0.5) is 11.1 Å².